The largest absolute Gasteiger partial charge is 0.391 e. The summed E-state index contributed by atoms with van der Waals surface area (Å²) < 4.78 is 14.1. The van der Waals surface area contributed by atoms with Crippen LogP contribution in [-0.4, -0.2) is 35.1 Å². The van der Waals surface area contributed by atoms with Gasteiger partial charge in [0.1, 0.15) is 5.82 Å². The Hall–Kier alpha value is -0.940. The van der Waals surface area contributed by atoms with E-state index in [1.165, 1.54) is 17.0 Å². The number of likely N-dealkylation sites (tertiary alicyclic amines) is 1. The summed E-state index contributed by atoms with van der Waals surface area (Å²) in [7, 11) is 0. The van der Waals surface area contributed by atoms with Crippen molar-refractivity contribution in [2.24, 2.45) is 0 Å². The maximum absolute atomic E-state index is 13.4. The number of hydrogen-bond donors (Lipinski definition) is 1. The molecule has 5 heteroatoms. The van der Waals surface area contributed by atoms with Crippen molar-refractivity contribution >= 4 is 21.8 Å². The van der Waals surface area contributed by atoms with E-state index in [-0.39, 0.29) is 18.0 Å². The number of rotatable bonds is 1. The maximum atomic E-state index is 13.4. The van der Waals surface area contributed by atoms with Crippen molar-refractivity contribution in [3.63, 3.8) is 0 Å². The second kappa shape index (κ2) is 4.51. The van der Waals surface area contributed by atoms with Crippen molar-refractivity contribution in [2.45, 2.75) is 12.5 Å². The first-order valence-electron chi connectivity index (χ1n) is 5.00. The average Bonchev–Trinajstić information content (AvgIpc) is 2.67. The molecule has 1 aliphatic heterocycles. The summed E-state index contributed by atoms with van der Waals surface area (Å²) in [5.74, 6) is -0.898. The second-order valence-electron chi connectivity index (χ2n) is 3.82. The van der Waals surface area contributed by atoms with E-state index in [1.807, 2.05) is 0 Å². The molecule has 1 saturated heterocycles. The standard InChI is InChI=1S/C11H11BrFNO2/c12-7-1-2-10(13)9(5-7)11(16)14-4-3-8(15)6-14/h1-2,5,8,15H,3-4,6H2/t8-/m0/s1. The highest BCUT2D eigenvalue weighted by atomic mass is 79.9. The van der Waals surface area contributed by atoms with Crippen LogP contribution in [0.2, 0.25) is 0 Å². The van der Waals surface area contributed by atoms with Gasteiger partial charge in [-0.2, -0.15) is 0 Å². The van der Waals surface area contributed by atoms with Gasteiger partial charge in [0.2, 0.25) is 0 Å². The number of aliphatic hydroxyl groups is 1. The number of carbonyl (C=O) groups excluding carboxylic acids is 1. The molecule has 0 aliphatic carbocycles. The summed E-state index contributed by atoms with van der Waals surface area (Å²) in [6, 6.07) is 4.26. The van der Waals surface area contributed by atoms with E-state index < -0.39 is 11.9 Å². The van der Waals surface area contributed by atoms with Crippen molar-refractivity contribution in [2.75, 3.05) is 13.1 Å². The molecule has 0 spiro atoms. The zero-order valence-corrected chi connectivity index (χ0v) is 10.1. The lowest BCUT2D eigenvalue weighted by molar-refractivity contribution is 0.0760. The highest BCUT2D eigenvalue weighted by molar-refractivity contribution is 9.10. The van der Waals surface area contributed by atoms with Gasteiger partial charge in [-0.25, -0.2) is 4.39 Å². The van der Waals surface area contributed by atoms with E-state index in [0.717, 1.165) is 0 Å². The van der Waals surface area contributed by atoms with Gasteiger partial charge < -0.3 is 10.0 Å². The van der Waals surface area contributed by atoms with Crippen LogP contribution in [-0.2, 0) is 0 Å². The fourth-order valence-corrected chi connectivity index (χ4v) is 2.12. The Morgan fingerprint density at radius 3 is 2.94 bits per heavy atom. The van der Waals surface area contributed by atoms with Crippen molar-refractivity contribution in [3.8, 4) is 0 Å². The zero-order chi connectivity index (χ0) is 11.7. The molecule has 1 aliphatic rings. The van der Waals surface area contributed by atoms with Crippen molar-refractivity contribution in [1.29, 1.82) is 0 Å². The van der Waals surface area contributed by atoms with E-state index in [1.54, 1.807) is 6.07 Å². The van der Waals surface area contributed by atoms with Gasteiger partial charge in [-0.15, -0.1) is 0 Å². The van der Waals surface area contributed by atoms with Crippen LogP contribution in [0.5, 0.6) is 0 Å². The van der Waals surface area contributed by atoms with E-state index in [2.05, 4.69) is 15.9 Å². The van der Waals surface area contributed by atoms with Gasteiger partial charge in [-0.1, -0.05) is 15.9 Å². The Kier molecular flexibility index (Phi) is 3.25. The molecule has 2 rings (SSSR count). The Morgan fingerprint density at radius 1 is 1.56 bits per heavy atom. The van der Waals surface area contributed by atoms with Gasteiger partial charge in [0.25, 0.3) is 5.91 Å². The summed E-state index contributed by atoms with van der Waals surface area (Å²) in [6.45, 7) is 0.761. The normalized spacial score (nSPS) is 20.2. The quantitative estimate of drug-likeness (QED) is 0.856. The molecule has 0 unspecified atom stereocenters. The first kappa shape index (κ1) is 11.5. The van der Waals surface area contributed by atoms with Gasteiger partial charge in [-0.05, 0) is 24.6 Å². The minimum Gasteiger partial charge on any atom is -0.391 e. The van der Waals surface area contributed by atoms with Crippen LogP contribution < -0.4 is 0 Å². The van der Waals surface area contributed by atoms with Crippen LogP contribution in [0.1, 0.15) is 16.8 Å². The average molecular weight is 288 g/mol. The van der Waals surface area contributed by atoms with Crippen molar-refractivity contribution in [1.82, 2.24) is 4.90 Å². The molecule has 0 aromatic heterocycles. The van der Waals surface area contributed by atoms with Crippen molar-refractivity contribution in [3.05, 3.63) is 34.1 Å². The topological polar surface area (TPSA) is 40.5 Å². The Morgan fingerprint density at radius 2 is 2.31 bits per heavy atom. The molecular formula is C11H11BrFNO2. The van der Waals surface area contributed by atoms with E-state index in [9.17, 15) is 14.3 Å². The number of benzene rings is 1. The number of β-amino-alcohol motifs (C(OH)–C–C–N with tert-alkyl or cyclic N) is 1. The molecule has 1 aromatic rings. The third-order valence-corrected chi connectivity index (χ3v) is 3.10. The Labute approximate surface area is 101 Å². The summed E-state index contributed by atoms with van der Waals surface area (Å²) in [4.78, 5) is 13.4. The fraction of sp³-hybridized carbons (Fsp3) is 0.364. The van der Waals surface area contributed by atoms with Crippen LogP contribution in [0, 0.1) is 5.82 Å². The van der Waals surface area contributed by atoms with Crippen LogP contribution in [0.4, 0.5) is 4.39 Å². The Bertz CT molecular complexity index is 424. The van der Waals surface area contributed by atoms with Crippen molar-refractivity contribution < 1.29 is 14.3 Å². The number of carbonyl (C=O) groups is 1. The summed E-state index contributed by atoms with van der Waals surface area (Å²) >= 11 is 3.20. The molecule has 1 N–H and O–H groups in total. The molecule has 1 atom stereocenters. The number of aliphatic hydroxyl groups excluding tert-OH is 1. The summed E-state index contributed by atoms with van der Waals surface area (Å²) in [5.41, 5.74) is 0.0449. The highest BCUT2D eigenvalue weighted by Crippen LogP contribution is 2.19. The van der Waals surface area contributed by atoms with E-state index in [4.69, 9.17) is 0 Å². The molecule has 0 bridgehead atoms. The summed E-state index contributed by atoms with van der Waals surface area (Å²) in [6.07, 6.45) is 0.0700. The predicted octanol–water partition coefficient (Wildman–Crippen LogP) is 1.79. The Balaban J connectivity index is 2.23. The SMILES string of the molecule is O=C(c1cc(Br)ccc1F)N1CC[C@H](O)C1. The fourth-order valence-electron chi connectivity index (χ4n) is 1.76. The smallest absolute Gasteiger partial charge is 0.256 e. The van der Waals surface area contributed by atoms with Gasteiger partial charge in [0.15, 0.2) is 0 Å². The molecule has 1 heterocycles. The number of hydrogen-bond acceptors (Lipinski definition) is 2. The first-order valence-corrected chi connectivity index (χ1v) is 5.79. The monoisotopic (exact) mass is 287 g/mol. The van der Waals surface area contributed by atoms with E-state index in [0.29, 0.717) is 17.4 Å². The van der Waals surface area contributed by atoms with Crippen LogP contribution in [0.15, 0.2) is 22.7 Å². The van der Waals surface area contributed by atoms with Gasteiger partial charge in [0.05, 0.1) is 11.7 Å². The minimum absolute atomic E-state index is 0.0449. The van der Waals surface area contributed by atoms with Gasteiger partial charge in [0, 0.05) is 17.6 Å². The van der Waals surface area contributed by atoms with Crippen LogP contribution in [0.3, 0.4) is 0 Å². The second-order valence-corrected chi connectivity index (χ2v) is 4.73. The summed E-state index contributed by atoms with van der Waals surface area (Å²) in [5, 5.41) is 9.32. The molecule has 1 aromatic carbocycles. The predicted molar refractivity (Wildman–Crippen MR) is 60.6 cm³/mol. The molecule has 1 fully saturated rings. The zero-order valence-electron chi connectivity index (χ0n) is 8.49. The number of amides is 1. The van der Waals surface area contributed by atoms with Gasteiger partial charge >= 0.3 is 0 Å². The lowest BCUT2D eigenvalue weighted by atomic mass is 10.2. The van der Waals surface area contributed by atoms with Crippen LogP contribution in [0.25, 0.3) is 0 Å². The van der Waals surface area contributed by atoms with Crippen LogP contribution >= 0.6 is 15.9 Å². The lowest BCUT2D eigenvalue weighted by Gasteiger charge is -2.15. The molecule has 86 valence electrons. The maximum Gasteiger partial charge on any atom is 0.256 e. The van der Waals surface area contributed by atoms with Gasteiger partial charge in [-0.3, -0.25) is 4.79 Å². The first-order chi connectivity index (χ1) is 7.58. The number of halogens is 2. The lowest BCUT2D eigenvalue weighted by Crippen LogP contribution is -2.30. The van der Waals surface area contributed by atoms with E-state index >= 15 is 0 Å². The number of nitrogens with zero attached hydrogens (tertiary/aromatic N) is 1. The third kappa shape index (κ3) is 2.25. The molecular weight excluding hydrogens is 277 g/mol. The molecule has 16 heavy (non-hydrogen) atoms. The highest BCUT2D eigenvalue weighted by Gasteiger charge is 2.26. The minimum atomic E-state index is -0.533. The molecule has 3 nitrogen and oxygen atoms in total. The molecule has 0 saturated carbocycles. The molecule has 0 radical (unpaired) electrons. The third-order valence-electron chi connectivity index (χ3n) is 2.61. The molecule has 1 amide bonds.